The van der Waals surface area contributed by atoms with Crippen molar-refractivity contribution in [1.82, 2.24) is 15.0 Å². The van der Waals surface area contributed by atoms with Crippen molar-refractivity contribution in [2.24, 2.45) is 0 Å². The largest absolute Gasteiger partial charge is 0.396 e. The molecule has 162 valence electrons. The van der Waals surface area contributed by atoms with Crippen LogP contribution in [0, 0.1) is 20.8 Å². The maximum absolute atomic E-state index is 12.2. The van der Waals surface area contributed by atoms with Gasteiger partial charge in [0, 0.05) is 17.9 Å². The number of hydrogen-bond acceptors (Lipinski definition) is 5. The summed E-state index contributed by atoms with van der Waals surface area (Å²) in [6.07, 6.45) is 0.653. The molecule has 2 aromatic carbocycles. The minimum absolute atomic E-state index is 0.430. The van der Waals surface area contributed by atoms with Crippen molar-refractivity contribution in [3.63, 3.8) is 0 Å². The molecule has 0 spiro atoms. The molecular formula is C23H27N5O2S. The van der Waals surface area contributed by atoms with Crippen LogP contribution in [-0.2, 0) is 17.4 Å². The number of nitrogens with two attached hydrogens (primary N) is 1. The van der Waals surface area contributed by atoms with Crippen LogP contribution in [0.1, 0.15) is 22.5 Å². The van der Waals surface area contributed by atoms with Crippen molar-refractivity contribution in [3.8, 4) is 0 Å². The zero-order chi connectivity index (χ0) is 22.4. The zero-order valence-corrected chi connectivity index (χ0v) is 18.7. The number of carbonyl (C=O) groups is 1. The molecule has 8 heteroatoms. The lowest BCUT2D eigenvalue weighted by Gasteiger charge is -2.12. The van der Waals surface area contributed by atoms with Crippen LogP contribution in [-0.4, -0.2) is 21.8 Å². The standard InChI is InChI=1S/C23H27N5O2S/c1-15-4-10-20(11-5-15)31(30)28-23(29)25-13-12-18-6-8-19(9-7-18)27-21-14-16(2)26-17(3)22(21)24/h4-11,14H,12-13,24H2,1-3H3,(H,26,27)(H2,25,28,29). The lowest BCUT2D eigenvalue weighted by atomic mass is 10.1. The van der Waals surface area contributed by atoms with Crippen molar-refractivity contribution in [3.05, 3.63) is 77.1 Å². The number of nitrogens with zero attached hydrogens (tertiary/aromatic N) is 1. The van der Waals surface area contributed by atoms with E-state index in [0.29, 0.717) is 23.5 Å². The summed E-state index contributed by atoms with van der Waals surface area (Å²) in [5.74, 6) is 0. The van der Waals surface area contributed by atoms with Gasteiger partial charge in [-0.2, -0.15) is 0 Å². The highest BCUT2D eigenvalue weighted by atomic mass is 32.2. The van der Waals surface area contributed by atoms with Crippen LogP contribution in [0.25, 0.3) is 0 Å². The van der Waals surface area contributed by atoms with Crippen LogP contribution < -0.4 is 21.1 Å². The molecule has 0 bridgehead atoms. The molecule has 1 heterocycles. The van der Waals surface area contributed by atoms with Crippen LogP contribution in [0.5, 0.6) is 0 Å². The molecule has 0 fully saturated rings. The van der Waals surface area contributed by atoms with Gasteiger partial charge in [0.05, 0.1) is 22.0 Å². The SMILES string of the molecule is Cc1ccc(S(=O)NC(=O)NCCc2ccc(Nc3cc(C)nc(C)c3N)cc2)cc1. The van der Waals surface area contributed by atoms with Crippen molar-refractivity contribution in [2.75, 3.05) is 17.6 Å². The normalized spacial score (nSPS) is 11.6. The first-order chi connectivity index (χ1) is 14.8. The van der Waals surface area contributed by atoms with E-state index in [1.807, 2.05) is 63.2 Å². The minimum Gasteiger partial charge on any atom is -0.396 e. The number of aromatic nitrogens is 1. The van der Waals surface area contributed by atoms with Gasteiger partial charge in [-0.05, 0) is 63.1 Å². The highest BCUT2D eigenvalue weighted by Crippen LogP contribution is 2.26. The molecule has 0 radical (unpaired) electrons. The molecule has 0 aliphatic carbocycles. The third kappa shape index (κ3) is 6.29. The van der Waals surface area contributed by atoms with Gasteiger partial charge in [0.2, 0.25) is 0 Å². The molecule has 3 aromatic rings. The molecule has 5 N–H and O–H groups in total. The van der Waals surface area contributed by atoms with E-state index in [9.17, 15) is 9.00 Å². The summed E-state index contributed by atoms with van der Waals surface area (Å²) in [6.45, 7) is 6.20. The zero-order valence-electron chi connectivity index (χ0n) is 17.9. The Bertz CT molecular complexity index is 1080. The lowest BCUT2D eigenvalue weighted by Crippen LogP contribution is -2.37. The maximum Gasteiger partial charge on any atom is 0.326 e. The number of benzene rings is 2. The molecule has 3 rings (SSSR count). The Morgan fingerprint density at radius 3 is 2.39 bits per heavy atom. The molecule has 7 nitrogen and oxygen atoms in total. The number of aryl methyl sites for hydroxylation is 3. The Morgan fingerprint density at radius 2 is 1.71 bits per heavy atom. The fourth-order valence-electron chi connectivity index (χ4n) is 3.01. The van der Waals surface area contributed by atoms with Crippen molar-refractivity contribution in [1.29, 1.82) is 0 Å². The predicted octanol–water partition coefficient (Wildman–Crippen LogP) is 3.90. The molecule has 0 aliphatic rings. The second kappa shape index (κ2) is 10.1. The minimum atomic E-state index is -1.58. The third-order valence-corrected chi connectivity index (χ3v) is 5.80. The number of urea groups is 1. The van der Waals surface area contributed by atoms with Crippen LogP contribution in [0.15, 0.2) is 59.5 Å². The van der Waals surface area contributed by atoms with Gasteiger partial charge in [-0.25, -0.2) is 9.00 Å². The predicted molar refractivity (Wildman–Crippen MR) is 126 cm³/mol. The van der Waals surface area contributed by atoms with Crippen LogP contribution in [0.3, 0.4) is 0 Å². The Labute approximate surface area is 185 Å². The lowest BCUT2D eigenvalue weighted by molar-refractivity contribution is 0.246. The highest BCUT2D eigenvalue weighted by Gasteiger charge is 2.08. The molecular weight excluding hydrogens is 410 g/mol. The maximum atomic E-state index is 12.2. The fraction of sp³-hybridized carbons (Fsp3) is 0.217. The number of rotatable bonds is 7. The average molecular weight is 438 g/mol. The Hall–Kier alpha value is -3.39. The molecule has 0 saturated carbocycles. The number of carbonyl (C=O) groups excluding carboxylic acids is 1. The summed E-state index contributed by atoms with van der Waals surface area (Å²) in [5.41, 5.74) is 12.3. The van der Waals surface area contributed by atoms with Crippen LogP contribution in [0.2, 0.25) is 0 Å². The second-order valence-electron chi connectivity index (χ2n) is 7.32. The molecule has 1 unspecified atom stereocenters. The van der Waals surface area contributed by atoms with E-state index in [1.54, 1.807) is 12.1 Å². The summed E-state index contributed by atoms with van der Waals surface area (Å²) in [7, 11) is -1.58. The van der Waals surface area contributed by atoms with E-state index in [4.69, 9.17) is 5.73 Å². The first-order valence-electron chi connectivity index (χ1n) is 9.94. The van der Waals surface area contributed by atoms with E-state index >= 15 is 0 Å². The summed E-state index contributed by atoms with van der Waals surface area (Å²) >= 11 is 0. The number of nitrogens with one attached hydrogen (secondary N) is 3. The number of pyridine rings is 1. The van der Waals surface area contributed by atoms with Gasteiger partial charge >= 0.3 is 6.03 Å². The Kier molecular flexibility index (Phi) is 7.25. The Balaban J connectivity index is 1.47. The van der Waals surface area contributed by atoms with E-state index in [-0.39, 0.29) is 0 Å². The molecule has 1 atom stereocenters. The van der Waals surface area contributed by atoms with E-state index in [1.165, 1.54) is 0 Å². The number of anilines is 3. The number of nitrogen functional groups attached to an aromatic ring is 1. The summed E-state index contributed by atoms with van der Waals surface area (Å²) in [4.78, 5) is 16.9. The number of hydrogen-bond donors (Lipinski definition) is 4. The van der Waals surface area contributed by atoms with Gasteiger partial charge in [-0.15, -0.1) is 0 Å². The van der Waals surface area contributed by atoms with Gasteiger partial charge in [-0.1, -0.05) is 29.8 Å². The molecule has 2 amide bonds. The topological polar surface area (TPSA) is 109 Å². The van der Waals surface area contributed by atoms with Gasteiger partial charge in [0.1, 0.15) is 0 Å². The first kappa shape index (κ1) is 22.3. The van der Waals surface area contributed by atoms with Crippen molar-refractivity contribution in [2.45, 2.75) is 32.1 Å². The summed E-state index contributed by atoms with van der Waals surface area (Å²) < 4.78 is 14.6. The third-order valence-electron chi connectivity index (χ3n) is 4.73. The van der Waals surface area contributed by atoms with Gasteiger partial charge in [-0.3, -0.25) is 9.71 Å². The number of amides is 2. The van der Waals surface area contributed by atoms with Crippen LogP contribution in [0.4, 0.5) is 21.9 Å². The quantitative estimate of drug-likeness (QED) is 0.448. The smallest absolute Gasteiger partial charge is 0.326 e. The van der Waals surface area contributed by atoms with Gasteiger partial charge in [0.25, 0.3) is 0 Å². The van der Waals surface area contributed by atoms with Gasteiger partial charge < -0.3 is 16.4 Å². The van der Waals surface area contributed by atoms with E-state index in [2.05, 4.69) is 20.3 Å². The molecule has 31 heavy (non-hydrogen) atoms. The second-order valence-corrected chi connectivity index (χ2v) is 8.53. The van der Waals surface area contributed by atoms with Crippen LogP contribution >= 0.6 is 0 Å². The Morgan fingerprint density at radius 1 is 1.03 bits per heavy atom. The van der Waals surface area contributed by atoms with E-state index in [0.717, 1.165) is 33.9 Å². The highest BCUT2D eigenvalue weighted by molar-refractivity contribution is 7.83. The molecule has 1 aromatic heterocycles. The van der Waals surface area contributed by atoms with Crippen molar-refractivity contribution < 1.29 is 9.00 Å². The fourth-order valence-corrected chi connectivity index (χ4v) is 3.76. The molecule has 0 aliphatic heterocycles. The van der Waals surface area contributed by atoms with Crippen molar-refractivity contribution >= 4 is 34.1 Å². The first-order valence-corrected chi connectivity index (χ1v) is 11.1. The van der Waals surface area contributed by atoms with E-state index < -0.39 is 17.0 Å². The summed E-state index contributed by atoms with van der Waals surface area (Å²) in [6, 6.07) is 16.6. The molecule has 0 saturated heterocycles. The summed E-state index contributed by atoms with van der Waals surface area (Å²) in [5, 5.41) is 6.05. The van der Waals surface area contributed by atoms with Gasteiger partial charge in [0.15, 0.2) is 11.0 Å². The monoisotopic (exact) mass is 437 g/mol. The average Bonchev–Trinajstić information content (AvgIpc) is 2.73.